The molecule has 2 aromatic heterocycles. The van der Waals surface area contributed by atoms with Crippen LogP contribution in [0.3, 0.4) is 0 Å². The van der Waals surface area contributed by atoms with Crippen LogP contribution in [-0.2, 0) is 0 Å². The van der Waals surface area contributed by atoms with E-state index in [1.165, 1.54) is 5.56 Å². The largest absolute Gasteiger partial charge is 0.480 e. The van der Waals surface area contributed by atoms with E-state index < -0.39 is 0 Å². The van der Waals surface area contributed by atoms with Crippen molar-refractivity contribution in [1.29, 1.82) is 0 Å². The summed E-state index contributed by atoms with van der Waals surface area (Å²) in [6, 6.07) is 10.2. The Morgan fingerprint density at radius 2 is 1.85 bits per heavy atom. The van der Waals surface area contributed by atoms with Crippen LogP contribution in [0.4, 0.5) is 0 Å². The highest BCUT2D eigenvalue weighted by Crippen LogP contribution is 2.29. The number of hydrogen-bond donors (Lipinski definition) is 0. The minimum absolute atomic E-state index is 0.528. The average molecular weight is 265 g/mol. The molecule has 3 aromatic rings. The molecule has 2 heterocycles. The first kappa shape index (κ1) is 12.5. The molecular weight excluding hydrogens is 250 g/mol. The van der Waals surface area contributed by atoms with Gasteiger partial charge in [0.2, 0.25) is 5.88 Å². The zero-order valence-corrected chi connectivity index (χ0v) is 11.7. The molecule has 0 aliphatic heterocycles. The van der Waals surface area contributed by atoms with Crippen LogP contribution in [-0.4, -0.2) is 22.3 Å². The molecule has 0 N–H and O–H groups in total. The van der Waals surface area contributed by atoms with Crippen LogP contribution in [0.15, 0.2) is 36.5 Å². The van der Waals surface area contributed by atoms with Gasteiger partial charge >= 0.3 is 0 Å². The van der Waals surface area contributed by atoms with Gasteiger partial charge in [-0.2, -0.15) is 0 Å². The summed E-state index contributed by atoms with van der Waals surface area (Å²) >= 11 is 0. The lowest BCUT2D eigenvalue weighted by Crippen LogP contribution is -1.94. The van der Waals surface area contributed by atoms with Crippen molar-refractivity contribution < 1.29 is 4.74 Å². The lowest BCUT2D eigenvalue weighted by Gasteiger charge is -2.09. The zero-order valence-electron chi connectivity index (χ0n) is 11.7. The lowest BCUT2D eigenvalue weighted by atomic mass is 10.00. The molecule has 0 fully saturated rings. The van der Waals surface area contributed by atoms with Gasteiger partial charge in [-0.25, -0.2) is 0 Å². The van der Waals surface area contributed by atoms with Crippen molar-refractivity contribution in [3.05, 3.63) is 47.8 Å². The molecule has 0 saturated heterocycles. The summed E-state index contributed by atoms with van der Waals surface area (Å²) in [7, 11) is 1.60. The van der Waals surface area contributed by atoms with Gasteiger partial charge in [-0.3, -0.25) is 4.98 Å². The number of ether oxygens (including phenoxy) is 1. The molecule has 3 rings (SSSR count). The third-order valence-electron chi connectivity index (χ3n) is 3.23. The molecule has 4 heteroatoms. The Morgan fingerprint density at radius 3 is 2.60 bits per heavy atom. The second kappa shape index (κ2) is 4.89. The highest BCUT2D eigenvalue weighted by molar-refractivity contribution is 5.94. The van der Waals surface area contributed by atoms with Gasteiger partial charge in [-0.1, -0.05) is 0 Å². The molecule has 20 heavy (non-hydrogen) atoms. The number of nitrogens with zero attached hydrogens (tertiary/aromatic N) is 3. The zero-order chi connectivity index (χ0) is 14.1. The topological polar surface area (TPSA) is 47.9 Å². The summed E-state index contributed by atoms with van der Waals surface area (Å²) in [6.07, 6.45) is 1.82. The smallest absolute Gasteiger partial charge is 0.233 e. The Hall–Kier alpha value is -2.49. The highest BCUT2D eigenvalue weighted by atomic mass is 16.5. The van der Waals surface area contributed by atoms with Crippen molar-refractivity contribution in [3.8, 4) is 17.0 Å². The summed E-state index contributed by atoms with van der Waals surface area (Å²) in [4.78, 5) is 4.24. The fraction of sp³-hybridized carbons (Fsp3) is 0.188. The van der Waals surface area contributed by atoms with Crippen LogP contribution in [0.5, 0.6) is 5.88 Å². The van der Waals surface area contributed by atoms with E-state index >= 15 is 0 Å². The van der Waals surface area contributed by atoms with Crippen LogP contribution in [0.2, 0.25) is 0 Å². The molecule has 0 aliphatic rings. The Bertz CT molecular complexity index is 784. The van der Waals surface area contributed by atoms with Gasteiger partial charge in [0, 0.05) is 28.9 Å². The number of pyridine rings is 1. The van der Waals surface area contributed by atoms with Crippen molar-refractivity contribution in [2.24, 2.45) is 0 Å². The molecule has 1 aromatic carbocycles. The Morgan fingerprint density at radius 1 is 1.00 bits per heavy atom. The number of aryl methyl sites for hydroxylation is 2. The Kier molecular flexibility index (Phi) is 3.06. The van der Waals surface area contributed by atoms with E-state index in [1.54, 1.807) is 7.11 Å². The molecule has 0 aliphatic carbocycles. The van der Waals surface area contributed by atoms with Crippen molar-refractivity contribution in [2.75, 3.05) is 7.11 Å². The number of benzene rings is 1. The first-order valence-electron chi connectivity index (χ1n) is 6.42. The molecule has 0 atom stereocenters. The van der Waals surface area contributed by atoms with Crippen molar-refractivity contribution in [2.45, 2.75) is 13.8 Å². The Balaban J connectivity index is 2.29. The summed E-state index contributed by atoms with van der Waals surface area (Å²) in [5.41, 5.74) is 5.21. The van der Waals surface area contributed by atoms with Crippen molar-refractivity contribution >= 4 is 10.9 Å². The van der Waals surface area contributed by atoms with E-state index in [4.69, 9.17) is 4.74 Å². The van der Waals surface area contributed by atoms with Gasteiger partial charge in [0.05, 0.1) is 7.11 Å². The van der Waals surface area contributed by atoms with Crippen LogP contribution in [0, 0.1) is 13.8 Å². The summed E-state index contributed by atoms with van der Waals surface area (Å²) in [5, 5.41) is 9.41. The quantitative estimate of drug-likeness (QED) is 0.713. The van der Waals surface area contributed by atoms with Crippen LogP contribution in [0.25, 0.3) is 22.0 Å². The summed E-state index contributed by atoms with van der Waals surface area (Å²) in [5.74, 6) is 0.528. The van der Waals surface area contributed by atoms with Gasteiger partial charge in [-0.15, -0.1) is 10.2 Å². The summed E-state index contributed by atoms with van der Waals surface area (Å²) in [6.45, 7) is 4.06. The lowest BCUT2D eigenvalue weighted by molar-refractivity contribution is 0.393. The van der Waals surface area contributed by atoms with E-state index in [0.717, 1.165) is 27.7 Å². The molecule has 0 bridgehead atoms. The van der Waals surface area contributed by atoms with Gasteiger partial charge in [0.1, 0.15) is 5.52 Å². The molecule has 0 amide bonds. The van der Waals surface area contributed by atoms with Crippen molar-refractivity contribution in [3.63, 3.8) is 0 Å². The number of rotatable bonds is 2. The third kappa shape index (κ3) is 2.20. The molecule has 0 saturated carbocycles. The monoisotopic (exact) mass is 265 g/mol. The maximum absolute atomic E-state index is 5.14. The third-order valence-corrected chi connectivity index (χ3v) is 3.23. The normalized spacial score (nSPS) is 10.8. The minimum atomic E-state index is 0.528. The fourth-order valence-electron chi connectivity index (χ4n) is 2.32. The molecule has 4 nitrogen and oxygen atoms in total. The maximum Gasteiger partial charge on any atom is 0.233 e. The molecule has 0 unspecified atom stereocenters. The second-order valence-corrected chi connectivity index (χ2v) is 4.82. The molecule has 0 spiro atoms. The van der Waals surface area contributed by atoms with Crippen LogP contribution in [0.1, 0.15) is 11.3 Å². The van der Waals surface area contributed by atoms with Crippen molar-refractivity contribution in [1.82, 2.24) is 15.2 Å². The van der Waals surface area contributed by atoms with Gasteiger partial charge in [-0.05, 0) is 49.2 Å². The van der Waals surface area contributed by atoms with E-state index in [9.17, 15) is 0 Å². The second-order valence-electron chi connectivity index (χ2n) is 4.82. The first-order valence-corrected chi connectivity index (χ1v) is 6.42. The average Bonchev–Trinajstić information content (AvgIpc) is 2.45. The van der Waals surface area contributed by atoms with Crippen LogP contribution >= 0.6 is 0 Å². The van der Waals surface area contributed by atoms with E-state index in [2.05, 4.69) is 40.3 Å². The number of fused-ring (bicyclic) bond motifs is 1. The van der Waals surface area contributed by atoms with E-state index in [1.807, 2.05) is 25.3 Å². The number of hydrogen-bond acceptors (Lipinski definition) is 4. The number of aromatic nitrogens is 3. The van der Waals surface area contributed by atoms with E-state index in [-0.39, 0.29) is 0 Å². The SMILES string of the molecule is COc1cc2cc(C)cc(-c3ccnc(C)c3)c2nn1. The fourth-order valence-corrected chi connectivity index (χ4v) is 2.32. The molecular formula is C16H15N3O. The Labute approximate surface area is 117 Å². The van der Waals surface area contributed by atoms with Gasteiger partial charge in [0.25, 0.3) is 0 Å². The molecule has 100 valence electrons. The highest BCUT2D eigenvalue weighted by Gasteiger charge is 2.09. The number of methoxy groups -OCH3 is 1. The minimum Gasteiger partial charge on any atom is -0.480 e. The van der Waals surface area contributed by atoms with Gasteiger partial charge < -0.3 is 4.74 Å². The maximum atomic E-state index is 5.14. The van der Waals surface area contributed by atoms with E-state index in [0.29, 0.717) is 5.88 Å². The first-order chi connectivity index (χ1) is 9.67. The predicted octanol–water partition coefficient (Wildman–Crippen LogP) is 3.32. The van der Waals surface area contributed by atoms with Gasteiger partial charge in [0.15, 0.2) is 0 Å². The predicted molar refractivity (Wildman–Crippen MR) is 78.8 cm³/mol. The van der Waals surface area contributed by atoms with Crippen LogP contribution < -0.4 is 4.74 Å². The summed E-state index contributed by atoms with van der Waals surface area (Å²) < 4.78 is 5.14. The molecule has 0 radical (unpaired) electrons. The standard InChI is InChI=1S/C16H15N3O/c1-10-6-13-9-15(20-3)18-19-16(13)14(7-10)12-4-5-17-11(2)8-12/h4-9H,1-3H3.